The molecule has 3 nitrogen and oxygen atoms in total. The van der Waals surface area contributed by atoms with Gasteiger partial charge in [0.2, 0.25) is 0 Å². The summed E-state index contributed by atoms with van der Waals surface area (Å²) >= 11 is 5.08. The molecule has 3 aromatic rings. The number of fused-ring (bicyclic) bond motifs is 1. The zero-order valence-electron chi connectivity index (χ0n) is 9.12. The molecule has 0 spiro atoms. The number of nitrogens with one attached hydrogen (secondary N) is 1. The van der Waals surface area contributed by atoms with Gasteiger partial charge >= 0.3 is 0 Å². The molecule has 5 heteroatoms. The third-order valence-corrected chi connectivity index (χ3v) is 4.05. The fraction of sp³-hybridized carbons (Fsp3) is 0.0833. The summed E-state index contributed by atoms with van der Waals surface area (Å²) in [7, 11) is 0. The van der Waals surface area contributed by atoms with Crippen molar-refractivity contribution in [3.8, 4) is 10.7 Å². The summed E-state index contributed by atoms with van der Waals surface area (Å²) in [5, 5.41) is 1.97. The number of nitrogen functional groups attached to an aromatic ring is 1. The molecular formula is C12H10BrN3S. The van der Waals surface area contributed by atoms with Crippen molar-refractivity contribution in [2.45, 2.75) is 6.92 Å². The Balaban J connectivity index is 2.27. The first-order chi connectivity index (χ1) is 8.15. The lowest BCUT2D eigenvalue weighted by Crippen LogP contribution is -1.84. The molecule has 0 amide bonds. The van der Waals surface area contributed by atoms with Crippen LogP contribution in [0.15, 0.2) is 28.1 Å². The summed E-state index contributed by atoms with van der Waals surface area (Å²) in [6.45, 7) is 2.05. The Bertz CT molecular complexity index is 699. The van der Waals surface area contributed by atoms with Gasteiger partial charge in [-0.15, -0.1) is 11.3 Å². The summed E-state index contributed by atoms with van der Waals surface area (Å²) in [4.78, 5) is 8.92. The molecule has 0 aliphatic rings. The minimum absolute atomic E-state index is 0.769. The van der Waals surface area contributed by atoms with E-state index < -0.39 is 0 Å². The van der Waals surface area contributed by atoms with Gasteiger partial charge in [-0.25, -0.2) is 4.98 Å². The molecule has 0 saturated heterocycles. The molecular weight excluding hydrogens is 298 g/mol. The number of anilines is 1. The van der Waals surface area contributed by atoms with E-state index in [2.05, 4.69) is 38.9 Å². The predicted molar refractivity (Wildman–Crippen MR) is 76.3 cm³/mol. The number of aromatic nitrogens is 2. The van der Waals surface area contributed by atoms with Crippen LogP contribution in [0.3, 0.4) is 0 Å². The standard InChI is InChI=1S/C12H10BrN3S/c1-6-4-7(13)5-9-10(6)16-12(15-9)11-8(14)2-3-17-11/h2-5H,14H2,1H3,(H,15,16). The lowest BCUT2D eigenvalue weighted by Gasteiger charge is -1.94. The van der Waals surface area contributed by atoms with E-state index in [4.69, 9.17) is 5.73 Å². The molecule has 0 unspecified atom stereocenters. The lowest BCUT2D eigenvalue weighted by molar-refractivity contribution is 1.35. The van der Waals surface area contributed by atoms with Crippen LogP contribution in [0, 0.1) is 6.92 Å². The quantitative estimate of drug-likeness (QED) is 0.715. The molecule has 1 aromatic carbocycles. The maximum absolute atomic E-state index is 5.90. The number of rotatable bonds is 1. The first-order valence-corrected chi connectivity index (χ1v) is 6.81. The Labute approximate surface area is 111 Å². The van der Waals surface area contributed by atoms with Gasteiger partial charge in [-0.2, -0.15) is 0 Å². The summed E-state index contributed by atoms with van der Waals surface area (Å²) in [5.74, 6) is 0.841. The van der Waals surface area contributed by atoms with Crippen molar-refractivity contribution in [1.82, 2.24) is 9.97 Å². The van der Waals surface area contributed by atoms with E-state index in [1.54, 1.807) is 11.3 Å². The van der Waals surface area contributed by atoms with Crippen LogP contribution in [-0.4, -0.2) is 9.97 Å². The summed E-state index contributed by atoms with van der Waals surface area (Å²) in [5.41, 5.74) is 9.84. The molecule has 2 aromatic heterocycles. The van der Waals surface area contributed by atoms with Crippen molar-refractivity contribution in [2.75, 3.05) is 5.73 Å². The van der Waals surface area contributed by atoms with Crippen molar-refractivity contribution in [1.29, 1.82) is 0 Å². The van der Waals surface area contributed by atoms with Gasteiger partial charge in [0.1, 0.15) is 0 Å². The van der Waals surface area contributed by atoms with Crippen LogP contribution in [0.25, 0.3) is 21.7 Å². The van der Waals surface area contributed by atoms with E-state index in [0.29, 0.717) is 0 Å². The Morgan fingerprint density at radius 2 is 2.24 bits per heavy atom. The summed E-state index contributed by atoms with van der Waals surface area (Å²) in [6, 6.07) is 5.99. The van der Waals surface area contributed by atoms with E-state index in [1.807, 2.05) is 17.5 Å². The van der Waals surface area contributed by atoms with Gasteiger partial charge in [0, 0.05) is 4.47 Å². The molecule has 0 saturated carbocycles. The number of nitrogens with zero attached hydrogens (tertiary/aromatic N) is 1. The minimum Gasteiger partial charge on any atom is -0.397 e. The number of H-pyrrole nitrogens is 1. The monoisotopic (exact) mass is 307 g/mol. The number of benzene rings is 1. The molecule has 0 aliphatic heterocycles. The number of thiophene rings is 1. The van der Waals surface area contributed by atoms with Crippen LogP contribution in [-0.2, 0) is 0 Å². The number of hydrogen-bond donors (Lipinski definition) is 2. The highest BCUT2D eigenvalue weighted by Crippen LogP contribution is 2.32. The van der Waals surface area contributed by atoms with Crippen LogP contribution >= 0.6 is 27.3 Å². The topological polar surface area (TPSA) is 54.7 Å². The maximum Gasteiger partial charge on any atom is 0.150 e. The average Bonchev–Trinajstić information content (AvgIpc) is 2.83. The lowest BCUT2D eigenvalue weighted by atomic mass is 10.2. The van der Waals surface area contributed by atoms with Crippen molar-refractivity contribution in [3.63, 3.8) is 0 Å². The van der Waals surface area contributed by atoms with Crippen LogP contribution in [0.4, 0.5) is 5.69 Å². The first-order valence-electron chi connectivity index (χ1n) is 5.14. The Hall–Kier alpha value is -1.33. The largest absolute Gasteiger partial charge is 0.397 e. The first kappa shape index (κ1) is 10.8. The van der Waals surface area contributed by atoms with E-state index in [9.17, 15) is 0 Å². The smallest absolute Gasteiger partial charge is 0.150 e. The molecule has 86 valence electrons. The molecule has 0 atom stereocenters. The third kappa shape index (κ3) is 1.75. The number of aryl methyl sites for hydroxylation is 1. The normalized spacial score (nSPS) is 11.2. The molecule has 0 fully saturated rings. The molecule has 0 aliphatic carbocycles. The Morgan fingerprint density at radius 1 is 1.41 bits per heavy atom. The highest BCUT2D eigenvalue weighted by atomic mass is 79.9. The van der Waals surface area contributed by atoms with E-state index in [0.717, 1.165) is 37.5 Å². The van der Waals surface area contributed by atoms with Gasteiger partial charge < -0.3 is 10.7 Å². The van der Waals surface area contributed by atoms with Crippen LogP contribution < -0.4 is 5.73 Å². The van der Waals surface area contributed by atoms with E-state index in [1.165, 1.54) is 0 Å². The SMILES string of the molecule is Cc1cc(Br)cc2[nH]c(-c3sccc3N)nc12. The van der Waals surface area contributed by atoms with Crippen LogP contribution in [0.2, 0.25) is 0 Å². The van der Waals surface area contributed by atoms with Crippen molar-refractivity contribution < 1.29 is 0 Å². The Morgan fingerprint density at radius 3 is 2.94 bits per heavy atom. The highest BCUT2D eigenvalue weighted by Gasteiger charge is 2.11. The molecule has 3 N–H and O–H groups in total. The zero-order valence-corrected chi connectivity index (χ0v) is 11.5. The second-order valence-electron chi connectivity index (χ2n) is 3.91. The van der Waals surface area contributed by atoms with Gasteiger partial charge in [0.15, 0.2) is 5.82 Å². The molecule has 0 radical (unpaired) electrons. The summed E-state index contributed by atoms with van der Waals surface area (Å²) in [6.07, 6.45) is 0. The van der Waals surface area contributed by atoms with Crippen molar-refractivity contribution in [2.24, 2.45) is 0 Å². The fourth-order valence-electron chi connectivity index (χ4n) is 1.87. The van der Waals surface area contributed by atoms with Crippen LogP contribution in [0.1, 0.15) is 5.56 Å². The van der Waals surface area contributed by atoms with Gasteiger partial charge in [-0.05, 0) is 36.1 Å². The van der Waals surface area contributed by atoms with Crippen LogP contribution in [0.5, 0.6) is 0 Å². The highest BCUT2D eigenvalue weighted by molar-refractivity contribution is 9.10. The zero-order chi connectivity index (χ0) is 12.0. The van der Waals surface area contributed by atoms with Crippen molar-refractivity contribution in [3.05, 3.63) is 33.6 Å². The van der Waals surface area contributed by atoms with Gasteiger partial charge in [-0.3, -0.25) is 0 Å². The number of hydrogen-bond acceptors (Lipinski definition) is 3. The van der Waals surface area contributed by atoms with Gasteiger partial charge in [0.05, 0.1) is 21.6 Å². The number of nitrogens with two attached hydrogens (primary N) is 1. The molecule has 3 rings (SSSR count). The number of aromatic amines is 1. The van der Waals surface area contributed by atoms with E-state index >= 15 is 0 Å². The fourth-order valence-corrected chi connectivity index (χ4v) is 3.20. The maximum atomic E-state index is 5.90. The minimum atomic E-state index is 0.769. The molecule has 2 heterocycles. The summed E-state index contributed by atoms with van der Waals surface area (Å²) < 4.78 is 1.05. The second kappa shape index (κ2) is 3.85. The van der Waals surface area contributed by atoms with Gasteiger partial charge in [-0.1, -0.05) is 15.9 Å². The Kier molecular flexibility index (Phi) is 2.45. The van der Waals surface area contributed by atoms with E-state index in [-0.39, 0.29) is 0 Å². The van der Waals surface area contributed by atoms with Gasteiger partial charge in [0.25, 0.3) is 0 Å². The second-order valence-corrected chi connectivity index (χ2v) is 5.74. The molecule has 0 bridgehead atoms. The molecule has 17 heavy (non-hydrogen) atoms. The number of halogens is 1. The third-order valence-electron chi connectivity index (χ3n) is 2.65. The average molecular weight is 308 g/mol. The predicted octanol–water partition coefficient (Wildman–Crippen LogP) is 3.94. The number of imidazole rings is 1. The van der Waals surface area contributed by atoms with Crippen molar-refractivity contribution >= 4 is 44.0 Å².